The van der Waals surface area contributed by atoms with Gasteiger partial charge in [-0.1, -0.05) is 0 Å². The van der Waals surface area contributed by atoms with Crippen molar-refractivity contribution in [2.45, 2.75) is 25.4 Å². The Balaban J connectivity index is 2.10. The zero-order valence-electron chi connectivity index (χ0n) is 12.3. The van der Waals surface area contributed by atoms with E-state index in [0.717, 1.165) is 25.9 Å². The molecular weight excluding hydrogens is 276 g/mol. The van der Waals surface area contributed by atoms with Gasteiger partial charge in [0, 0.05) is 13.0 Å². The van der Waals surface area contributed by atoms with Crippen molar-refractivity contribution in [3.05, 3.63) is 17.7 Å². The van der Waals surface area contributed by atoms with E-state index in [9.17, 15) is 4.79 Å². The second-order valence-electron chi connectivity index (χ2n) is 4.79. The molecule has 116 valence electrons. The molecule has 2 rings (SSSR count). The smallest absolute Gasteiger partial charge is 0.335 e. The summed E-state index contributed by atoms with van der Waals surface area (Å²) in [6, 6.07) is 2.85. The number of rotatable bonds is 7. The van der Waals surface area contributed by atoms with Gasteiger partial charge < -0.3 is 24.1 Å². The first-order valence-corrected chi connectivity index (χ1v) is 6.89. The first-order chi connectivity index (χ1) is 10.2. The van der Waals surface area contributed by atoms with Crippen molar-refractivity contribution in [3.63, 3.8) is 0 Å². The fourth-order valence-corrected chi connectivity index (χ4v) is 2.31. The minimum absolute atomic E-state index is 0.0928. The predicted molar refractivity (Wildman–Crippen MR) is 75.6 cm³/mol. The molecular formula is C15H20O6. The zero-order valence-corrected chi connectivity index (χ0v) is 12.3. The summed E-state index contributed by atoms with van der Waals surface area (Å²) in [6.07, 6.45) is 3.16. The third-order valence-corrected chi connectivity index (χ3v) is 3.42. The summed E-state index contributed by atoms with van der Waals surface area (Å²) < 4.78 is 21.7. The first kappa shape index (κ1) is 15.4. The zero-order chi connectivity index (χ0) is 15.2. The van der Waals surface area contributed by atoms with Crippen molar-refractivity contribution in [1.29, 1.82) is 0 Å². The molecule has 1 aliphatic rings. The van der Waals surface area contributed by atoms with Gasteiger partial charge in [0.2, 0.25) is 5.75 Å². The van der Waals surface area contributed by atoms with E-state index in [1.165, 1.54) is 26.4 Å². The number of methoxy groups -OCH3 is 2. The SMILES string of the molecule is COc1cc(C(=O)O)cc(OC)c1OCCC1CCCO1. The lowest BCUT2D eigenvalue weighted by atomic mass is 10.1. The Morgan fingerprint density at radius 2 is 2.00 bits per heavy atom. The maximum atomic E-state index is 11.1. The molecule has 1 aromatic rings. The van der Waals surface area contributed by atoms with Gasteiger partial charge in [-0.3, -0.25) is 0 Å². The molecule has 0 spiro atoms. The molecule has 1 N–H and O–H groups in total. The summed E-state index contributed by atoms with van der Waals surface area (Å²) in [5.41, 5.74) is 0.0928. The van der Waals surface area contributed by atoms with Crippen LogP contribution in [0.4, 0.5) is 0 Å². The van der Waals surface area contributed by atoms with Gasteiger partial charge in [-0.2, -0.15) is 0 Å². The molecule has 0 saturated carbocycles. The molecule has 0 bridgehead atoms. The average molecular weight is 296 g/mol. The van der Waals surface area contributed by atoms with Crippen LogP contribution in [0.1, 0.15) is 29.6 Å². The van der Waals surface area contributed by atoms with Gasteiger partial charge in [0.25, 0.3) is 0 Å². The first-order valence-electron chi connectivity index (χ1n) is 6.89. The Morgan fingerprint density at radius 1 is 1.33 bits per heavy atom. The van der Waals surface area contributed by atoms with Crippen LogP contribution in [0, 0.1) is 0 Å². The Morgan fingerprint density at radius 3 is 2.48 bits per heavy atom. The third-order valence-electron chi connectivity index (χ3n) is 3.42. The van der Waals surface area contributed by atoms with Gasteiger partial charge in [-0.05, 0) is 25.0 Å². The van der Waals surface area contributed by atoms with Gasteiger partial charge in [-0.15, -0.1) is 0 Å². The standard InChI is InChI=1S/C15H20O6/c1-18-12-8-10(15(16)17)9-13(19-2)14(12)21-7-5-11-4-3-6-20-11/h8-9,11H,3-7H2,1-2H3,(H,16,17). The number of aromatic carboxylic acids is 1. The summed E-state index contributed by atoms with van der Waals surface area (Å²) in [5.74, 6) is 0.0682. The molecule has 0 radical (unpaired) electrons. The van der Waals surface area contributed by atoms with E-state index in [-0.39, 0.29) is 11.7 Å². The quantitative estimate of drug-likeness (QED) is 0.832. The maximum absolute atomic E-state index is 11.1. The fourth-order valence-electron chi connectivity index (χ4n) is 2.31. The Bertz CT molecular complexity index is 468. The van der Waals surface area contributed by atoms with Crippen LogP contribution in [-0.2, 0) is 4.74 Å². The number of carboxylic acids is 1. The van der Waals surface area contributed by atoms with E-state index < -0.39 is 5.97 Å². The second kappa shape index (κ2) is 7.17. The molecule has 0 amide bonds. The summed E-state index contributed by atoms with van der Waals surface area (Å²) in [7, 11) is 2.93. The molecule has 1 saturated heterocycles. The molecule has 21 heavy (non-hydrogen) atoms. The molecule has 1 aliphatic heterocycles. The average Bonchev–Trinajstić information content (AvgIpc) is 3.00. The highest BCUT2D eigenvalue weighted by molar-refractivity contribution is 5.89. The number of ether oxygens (including phenoxy) is 4. The summed E-state index contributed by atoms with van der Waals surface area (Å²) in [4.78, 5) is 11.1. The predicted octanol–water partition coefficient (Wildman–Crippen LogP) is 2.35. The third kappa shape index (κ3) is 3.78. The number of carbonyl (C=O) groups is 1. The highest BCUT2D eigenvalue weighted by atomic mass is 16.5. The van der Waals surface area contributed by atoms with Gasteiger partial charge in [0.05, 0.1) is 32.5 Å². The van der Waals surface area contributed by atoms with Crippen molar-refractivity contribution >= 4 is 5.97 Å². The van der Waals surface area contributed by atoms with Gasteiger partial charge in [0.1, 0.15) is 0 Å². The minimum atomic E-state index is -1.04. The van der Waals surface area contributed by atoms with E-state index in [2.05, 4.69) is 0 Å². The topological polar surface area (TPSA) is 74.2 Å². The molecule has 6 nitrogen and oxygen atoms in total. The maximum Gasteiger partial charge on any atom is 0.335 e. The van der Waals surface area contributed by atoms with Crippen LogP contribution in [0.15, 0.2) is 12.1 Å². The summed E-state index contributed by atoms with van der Waals surface area (Å²) in [5, 5.41) is 9.07. The van der Waals surface area contributed by atoms with E-state index in [1.807, 2.05) is 0 Å². The largest absolute Gasteiger partial charge is 0.493 e. The number of benzene rings is 1. The number of hydrogen-bond acceptors (Lipinski definition) is 5. The van der Waals surface area contributed by atoms with Crippen LogP contribution in [0.2, 0.25) is 0 Å². The molecule has 1 unspecified atom stereocenters. The molecule has 1 heterocycles. The second-order valence-corrected chi connectivity index (χ2v) is 4.79. The molecule has 1 aromatic carbocycles. The van der Waals surface area contributed by atoms with E-state index >= 15 is 0 Å². The number of hydrogen-bond donors (Lipinski definition) is 1. The van der Waals surface area contributed by atoms with Crippen LogP contribution in [0.3, 0.4) is 0 Å². The molecule has 1 fully saturated rings. The van der Waals surface area contributed by atoms with E-state index in [4.69, 9.17) is 24.1 Å². The monoisotopic (exact) mass is 296 g/mol. The minimum Gasteiger partial charge on any atom is -0.493 e. The molecule has 1 atom stereocenters. The van der Waals surface area contributed by atoms with Crippen LogP contribution in [-0.4, -0.2) is 44.6 Å². The van der Waals surface area contributed by atoms with Crippen LogP contribution in [0.25, 0.3) is 0 Å². The number of carboxylic acid groups (broad SMARTS) is 1. The van der Waals surface area contributed by atoms with Crippen molar-refractivity contribution in [2.75, 3.05) is 27.4 Å². The lowest BCUT2D eigenvalue weighted by molar-refractivity contribution is 0.0696. The van der Waals surface area contributed by atoms with Gasteiger partial charge >= 0.3 is 5.97 Å². The fraction of sp³-hybridized carbons (Fsp3) is 0.533. The molecule has 0 aliphatic carbocycles. The normalized spacial score (nSPS) is 17.5. The molecule has 0 aromatic heterocycles. The van der Waals surface area contributed by atoms with E-state index in [1.54, 1.807) is 0 Å². The summed E-state index contributed by atoms with van der Waals surface area (Å²) in [6.45, 7) is 1.27. The highest BCUT2D eigenvalue weighted by Crippen LogP contribution is 2.38. The van der Waals surface area contributed by atoms with Gasteiger partial charge in [0.15, 0.2) is 11.5 Å². The summed E-state index contributed by atoms with van der Waals surface area (Å²) >= 11 is 0. The van der Waals surface area contributed by atoms with Crippen molar-refractivity contribution in [3.8, 4) is 17.2 Å². The lowest BCUT2D eigenvalue weighted by Gasteiger charge is -2.16. The Labute approximate surface area is 123 Å². The van der Waals surface area contributed by atoms with Crippen LogP contribution < -0.4 is 14.2 Å². The molecule has 6 heteroatoms. The Hall–Kier alpha value is -1.95. The Kier molecular flexibility index (Phi) is 5.27. The highest BCUT2D eigenvalue weighted by Gasteiger charge is 2.19. The van der Waals surface area contributed by atoms with Crippen molar-refractivity contribution in [2.24, 2.45) is 0 Å². The van der Waals surface area contributed by atoms with Crippen LogP contribution >= 0.6 is 0 Å². The lowest BCUT2D eigenvalue weighted by Crippen LogP contribution is -2.11. The van der Waals surface area contributed by atoms with E-state index in [0.29, 0.717) is 23.9 Å². The van der Waals surface area contributed by atoms with Gasteiger partial charge in [-0.25, -0.2) is 4.79 Å². The van der Waals surface area contributed by atoms with Crippen LogP contribution in [0.5, 0.6) is 17.2 Å². The van der Waals surface area contributed by atoms with Crippen molar-refractivity contribution < 1.29 is 28.8 Å². The van der Waals surface area contributed by atoms with Crippen molar-refractivity contribution in [1.82, 2.24) is 0 Å².